The van der Waals surface area contributed by atoms with Gasteiger partial charge in [0.2, 0.25) is 5.95 Å². The van der Waals surface area contributed by atoms with E-state index >= 15 is 0 Å². The van der Waals surface area contributed by atoms with Crippen LogP contribution >= 0.6 is 37.2 Å². The van der Waals surface area contributed by atoms with E-state index < -0.39 is 0 Å². The summed E-state index contributed by atoms with van der Waals surface area (Å²) in [5.41, 5.74) is 6.07. The smallest absolute Gasteiger partial charge is 0.255 e. The molecule has 1 amide bonds. The van der Waals surface area contributed by atoms with E-state index in [4.69, 9.17) is 0 Å². The van der Waals surface area contributed by atoms with Gasteiger partial charge < -0.3 is 16.0 Å². The molecule has 0 aliphatic carbocycles. The van der Waals surface area contributed by atoms with E-state index in [1.807, 2.05) is 67.6 Å². The Morgan fingerprint density at radius 2 is 1.74 bits per heavy atom. The first-order valence-electron chi connectivity index (χ1n) is 12.1. The van der Waals surface area contributed by atoms with E-state index in [0.717, 1.165) is 55.2 Å². The number of anilines is 3. The number of carbonyl (C=O) groups is 1. The predicted molar refractivity (Wildman–Crippen MR) is 164 cm³/mol. The molecule has 3 heterocycles. The maximum Gasteiger partial charge on any atom is 0.255 e. The molecule has 3 N–H and O–H groups in total. The van der Waals surface area contributed by atoms with Gasteiger partial charge in [0.15, 0.2) is 0 Å². The van der Waals surface area contributed by atoms with Crippen LogP contribution in [-0.2, 0) is 6.54 Å². The fraction of sp³-hybridized carbons (Fsp3) is 0.214. The lowest BCUT2D eigenvalue weighted by molar-refractivity contribution is 0.102. The van der Waals surface area contributed by atoms with Crippen LogP contribution in [0.25, 0.3) is 11.3 Å². The van der Waals surface area contributed by atoms with Crippen molar-refractivity contribution >= 4 is 60.5 Å². The van der Waals surface area contributed by atoms with Gasteiger partial charge in [0, 0.05) is 73.8 Å². The van der Waals surface area contributed by atoms with Gasteiger partial charge in [-0.3, -0.25) is 14.7 Å². The number of hydrogen-bond donors (Lipinski definition) is 3. The van der Waals surface area contributed by atoms with Crippen LogP contribution in [0.15, 0.2) is 79.3 Å². The standard InChI is InChI=1S/C28H29N7O.3ClH/c1-20-4-9-24(17-26(20)34-28-31-12-10-25(33-28)23-3-2-11-30-18-23)32-27(36)22-7-5-21(6-8-22)19-35-15-13-29-14-16-35;;;/h2-12,17-18,29H,13-16,19H2,1H3,(H,32,36)(H,31,33,34);3*1H. The molecule has 11 heteroatoms. The van der Waals surface area contributed by atoms with Crippen LogP contribution in [0.5, 0.6) is 0 Å². The summed E-state index contributed by atoms with van der Waals surface area (Å²) in [7, 11) is 0. The second-order valence-corrected chi connectivity index (χ2v) is 8.84. The van der Waals surface area contributed by atoms with Crippen LogP contribution in [-0.4, -0.2) is 51.9 Å². The van der Waals surface area contributed by atoms with E-state index in [1.54, 1.807) is 18.6 Å². The Bertz CT molecular complexity index is 1330. The van der Waals surface area contributed by atoms with Crippen LogP contribution in [0.2, 0.25) is 0 Å². The highest BCUT2D eigenvalue weighted by Crippen LogP contribution is 2.24. The van der Waals surface area contributed by atoms with Crippen LogP contribution < -0.4 is 16.0 Å². The van der Waals surface area contributed by atoms with Gasteiger partial charge in [0.25, 0.3) is 5.91 Å². The molecule has 0 unspecified atom stereocenters. The van der Waals surface area contributed by atoms with Crippen molar-refractivity contribution in [3.8, 4) is 11.3 Å². The van der Waals surface area contributed by atoms with Gasteiger partial charge in [-0.1, -0.05) is 18.2 Å². The molecule has 5 rings (SSSR count). The summed E-state index contributed by atoms with van der Waals surface area (Å²) >= 11 is 0. The van der Waals surface area contributed by atoms with E-state index in [0.29, 0.717) is 17.2 Å². The largest absolute Gasteiger partial charge is 0.324 e. The Morgan fingerprint density at radius 1 is 0.974 bits per heavy atom. The Labute approximate surface area is 247 Å². The van der Waals surface area contributed by atoms with E-state index in [1.165, 1.54) is 5.56 Å². The van der Waals surface area contributed by atoms with Crippen LogP contribution in [0.1, 0.15) is 21.5 Å². The third-order valence-electron chi connectivity index (χ3n) is 6.19. The normalized spacial score (nSPS) is 12.7. The molecular formula is C28H32Cl3N7O. The lowest BCUT2D eigenvalue weighted by atomic mass is 10.1. The van der Waals surface area contributed by atoms with Crippen molar-refractivity contribution < 1.29 is 4.79 Å². The number of nitrogens with zero attached hydrogens (tertiary/aromatic N) is 4. The summed E-state index contributed by atoms with van der Waals surface area (Å²) in [6.07, 6.45) is 5.21. The molecular weight excluding hydrogens is 557 g/mol. The molecule has 2 aromatic heterocycles. The Morgan fingerprint density at radius 3 is 2.46 bits per heavy atom. The lowest BCUT2D eigenvalue weighted by Crippen LogP contribution is -2.42. The first-order valence-corrected chi connectivity index (χ1v) is 12.1. The van der Waals surface area contributed by atoms with Crippen molar-refractivity contribution in [3.05, 3.63) is 95.9 Å². The highest BCUT2D eigenvalue weighted by Gasteiger charge is 2.12. The van der Waals surface area contributed by atoms with Crippen molar-refractivity contribution in [2.24, 2.45) is 0 Å². The van der Waals surface area contributed by atoms with Crippen LogP contribution in [0.4, 0.5) is 17.3 Å². The van der Waals surface area contributed by atoms with Gasteiger partial charge in [-0.05, 0) is 60.5 Å². The topological polar surface area (TPSA) is 95.1 Å². The van der Waals surface area contributed by atoms with Crippen molar-refractivity contribution in [1.82, 2.24) is 25.2 Å². The molecule has 4 aromatic rings. The fourth-order valence-electron chi connectivity index (χ4n) is 4.14. The number of nitrogens with one attached hydrogen (secondary N) is 3. The Hall–Kier alpha value is -3.27. The number of piperazine rings is 1. The van der Waals surface area contributed by atoms with Crippen molar-refractivity contribution in [1.29, 1.82) is 0 Å². The van der Waals surface area contributed by atoms with Gasteiger partial charge in [0.05, 0.1) is 5.69 Å². The van der Waals surface area contributed by atoms with Gasteiger partial charge in [-0.25, -0.2) is 9.97 Å². The molecule has 0 bridgehead atoms. The Balaban J connectivity index is 0.00000178. The van der Waals surface area contributed by atoms with Crippen LogP contribution in [0, 0.1) is 6.92 Å². The first kappa shape index (κ1) is 31.9. The first-order chi connectivity index (χ1) is 17.6. The quantitative estimate of drug-likeness (QED) is 0.262. The minimum atomic E-state index is -0.145. The molecule has 8 nitrogen and oxygen atoms in total. The average Bonchev–Trinajstić information content (AvgIpc) is 2.92. The third kappa shape index (κ3) is 8.61. The number of rotatable bonds is 7. The highest BCUT2D eigenvalue weighted by molar-refractivity contribution is 6.04. The summed E-state index contributed by atoms with van der Waals surface area (Å²) in [6.45, 7) is 7.04. The maximum absolute atomic E-state index is 12.9. The van der Waals surface area contributed by atoms with E-state index in [-0.39, 0.29) is 43.1 Å². The van der Waals surface area contributed by atoms with Crippen molar-refractivity contribution in [2.45, 2.75) is 13.5 Å². The van der Waals surface area contributed by atoms with Crippen LogP contribution in [0.3, 0.4) is 0 Å². The number of carbonyl (C=O) groups excluding carboxylic acids is 1. The lowest BCUT2D eigenvalue weighted by Gasteiger charge is -2.27. The third-order valence-corrected chi connectivity index (χ3v) is 6.19. The molecule has 1 saturated heterocycles. The van der Waals surface area contributed by atoms with Gasteiger partial charge in [-0.15, -0.1) is 37.2 Å². The molecule has 39 heavy (non-hydrogen) atoms. The predicted octanol–water partition coefficient (Wildman–Crippen LogP) is 5.51. The summed E-state index contributed by atoms with van der Waals surface area (Å²) in [4.78, 5) is 28.4. The van der Waals surface area contributed by atoms with Gasteiger partial charge in [-0.2, -0.15) is 0 Å². The number of pyridine rings is 1. The summed E-state index contributed by atoms with van der Waals surface area (Å²) in [5, 5.41) is 9.65. The molecule has 1 aliphatic heterocycles. The summed E-state index contributed by atoms with van der Waals surface area (Å²) in [5.74, 6) is 0.330. The molecule has 1 aliphatic rings. The monoisotopic (exact) mass is 587 g/mol. The number of aromatic nitrogens is 3. The van der Waals surface area contributed by atoms with E-state index in [2.05, 4.69) is 35.8 Å². The zero-order valence-electron chi connectivity index (χ0n) is 21.5. The van der Waals surface area contributed by atoms with Crippen molar-refractivity contribution in [3.63, 3.8) is 0 Å². The molecule has 0 atom stereocenters. The summed E-state index contributed by atoms with van der Waals surface area (Å²) < 4.78 is 0. The number of benzene rings is 2. The second-order valence-electron chi connectivity index (χ2n) is 8.84. The fourth-order valence-corrected chi connectivity index (χ4v) is 4.14. The average molecular weight is 589 g/mol. The molecule has 0 radical (unpaired) electrons. The number of halogens is 3. The molecule has 206 valence electrons. The number of aryl methyl sites for hydroxylation is 1. The van der Waals surface area contributed by atoms with Crippen molar-refractivity contribution in [2.75, 3.05) is 36.8 Å². The molecule has 0 spiro atoms. The van der Waals surface area contributed by atoms with E-state index in [9.17, 15) is 4.79 Å². The summed E-state index contributed by atoms with van der Waals surface area (Å²) in [6, 6.07) is 19.3. The Kier molecular flexibility index (Phi) is 12.6. The molecule has 1 fully saturated rings. The zero-order chi connectivity index (χ0) is 24.7. The zero-order valence-corrected chi connectivity index (χ0v) is 23.9. The minimum absolute atomic E-state index is 0. The number of amides is 1. The number of hydrogen-bond acceptors (Lipinski definition) is 7. The SMILES string of the molecule is Cc1ccc(NC(=O)c2ccc(CN3CCNCC3)cc2)cc1Nc1nccc(-c2cccnc2)n1.Cl.Cl.Cl. The highest BCUT2D eigenvalue weighted by atomic mass is 35.5. The van der Waals surface area contributed by atoms with Gasteiger partial charge in [0.1, 0.15) is 0 Å². The maximum atomic E-state index is 12.9. The molecule has 0 saturated carbocycles. The second kappa shape index (κ2) is 15.4. The van der Waals surface area contributed by atoms with Gasteiger partial charge >= 0.3 is 0 Å². The molecule has 2 aromatic carbocycles. The minimum Gasteiger partial charge on any atom is -0.324 e.